The molecular weight excluding hydrogens is 216 g/mol. The van der Waals surface area contributed by atoms with Crippen LogP contribution in [0.4, 0.5) is 0 Å². The predicted octanol–water partition coefficient (Wildman–Crippen LogP) is 1.33. The number of ketones is 1. The van der Waals surface area contributed by atoms with Gasteiger partial charge in [0.05, 0.1) is 0 Å². The summed E-state index contributed by atoms with van der Waals surface area (Å²) in [5.41, 5.74) is 5.31. The van der Waals surface area contributed by atoms with Gasteiger partial charge in [0.1, 0.15) is 5.78 Å². The molecule has 0 radical (unpaired) electrons. The number of carbonyl (C=O) groups is 2. The Hall–Kier alpha value is -0.900. The summed E-state index contributed by atoms with van der Waals surface area (Å²) >= 11 is 0. The average Bonchev–Trinajstić information content (AvgIpc) is 2.43. The van der Waals surface area contributed by atoms with Gasteiger partial charge in [0, 0.05) is 24.9 Å². The first-order chi connectivity index (χ1) is 8.00. The van der Waals surface area contributed by atoms with Crippen LogP contribution in [0.15, 0.2) is 0 Å². The molecule has 0 aliphatic carbocycles. The molecule has 1 saturated heterocycles. The monoisotopic (exact) mass is 240 g/mol. The Morgan fingerprint density at radius 3 is 2.65 bits per heavy atom. The van der Waals surface area contributed by atoms with Crippen molar-refractivity contribution in [1.29, 1.82) is 0 Å². The number of rotatable bonds is 5. The van der Waals surface area contributed by atoms with Gasteiger partial charge in [-0.05, 0) is 26.3 Å². The zero-order valence-corrected chi connectivity index (χ0v) is 10.9. The lowest BCUT2D eigenvalue weighted by Crippen LogP contribution is -2.41. The number of likely N-dealkylation sites (tertiary alicyclic amines) is 1. The highest BCUT2D eigenvalue weighted by Crippen LogP contribution is 2.20. The van der Waals surface area contributed by atoms with Crippen molar-refractivity contribution in [1.82, 2.24) is 4.90 Å². The Morgan fingerprint density at radius 1 is 1.35 bits per heavy atom. The molecule has 0 saturated carbocycles. The molecule has 0 spiro atoms. The van der Waals surface area contributed by atoms with Gasteiger partial charge in [-0.3, -0.25) is 14.5 Å². The van der Waals surface area contributed by atoms with Gasteiger partial charge in [-0.25, -0.2) is 0 Å². The van der Waals surface area contributed by atoms with Gasteiger partial charge >= 0.3 is 0 Å². The largest absolute Gasteiger partial charge is 0.369 e. The third-order valence-electron chi connectivity index (χ3n) is 3.52. The van der Waals surface area contributed by atoms with E-state index in [1.165, 1.54) is 12.8 Å². The van der Waals surface area contributed by atoms with Gasteiger partial charge in [-0.15, -0.1) is 0 Å². The summed E-state index contributed by atoms with van der Waals surface area (Å²) < 4.78 is 0. The molecule has 2 N–H and O–H groups in total. The van der Waals surface area contributed by atoms with Gasteiger partial charge in [0.25, 0.3) is 0 Å². The molecule has 98 valence electrons. The SMILES string of the molecule is CC(=O)CC1CCCCCN1CC(C)C(N)=O. The van der Waals surface area contributed by atoms with Crippen LogP contribution in [0.2, 0.25) is 0 Å². The first kappa shape index (κ1) is 14.2. The van der Waals surface area contributed by atoms with Crippen molar-refractivity contribution < 1.29 is 9.59 Å². The fourth-order valence-corrected chi connectivity index (χ4v) is 2.48. The van der Waals surface area contributed by atoms with Gasteiger partial charge in [-0.1, -0.05) is 19.8 Å². The summed E-state index contributed by atoms with van der Waals surface area (Å²) in [6, 6.07) is 0.303. The maximum absolute atomic E-state index is 11.3. The van der Waals surface area contributed by atoms with Crippen molar-refractivity contribution in [3.8, 4) is 0 Å². The number of hydrogen-bond acceptors (Lipinski definition) is 3. The van der Waals surface area contributed by atoms with Crippen LogP contribution in [0.3, 0.4) is 0 Å². The van der Waals surface area contributed by atoms with Crippen molar-refractivity contribution >= 4 is 11.7 Å². The minimum Gasteiger partial charge on any atom is -0.369 e. The smallest absolute Gasteiger partial charge is 0.221 e. The second kappa shape index (κ2) is 6.74. The molecule has 17 heavy (non-hydrogen) atoms. The Balaban J connectivity index is 2.61. The molecule has 0 aromatic carbocycles. The lowest BCUT2D eigenvalue weighted by Gasteiger charge is -2.30. The normalized spacial score (nSPS) is 24.0. The Bertz CT molecular complexity index is 279. The van der Waals surface area contributed by atoms with E-state index in [4.69, 9.17) is 5.73 Å². The minimum absolute atomic E-state index is 0.137. The van der Waals surface area contributed by atoms with Crippen LogP contribution in [-0.4, -0.2) is 35.7 Å². The number of Topliss-reactive ketones (excluding diaryl/α,β-unsaturated/α-hetero) is 1. The molecule has 1 heterocycles. The van der Waals surface area contributed by atoms with Gasteiger partial charge in [0.2, 0.25) is 5.91 Å². The standard InChI is InChI=1S/C13H24N2O2/c1-10(13(14)17)9-15-7-5-3-4-6-12(15)8-11(2)16/h10,12H,3-9H2,1-2H3,(H2,14,17). The summed E-state index contributed by atoms with van der Waals surface area (Å²) in [5, 5.41) is 0. The van der Waals surface area contributed by atoms with Crippen LogP contribution in [0.25, 0.3) is 0 Å². The Labute approximate surface area is 104 Å². The van der Waals surface area contributed by atoms with E-state index in [1.807, 2.05) is 6.92 Å². The number of primary amides is 1. The van der Waals surface area contributed by atoms with Crippen LogP contribution >= 0.6 is 0 Å². The van der Waals surface area contributed by atoms with Crippen LogP contribution in [0.1, 0.15) is 46.0 Å². The quantitative estimate of drug-likeness (QED) is 0.788. The molecule has 1 fully saturated rings. The Kier molecular flexibility index (Phi) is 5.62. The molecule has 4 heteroatoms. The Morgan fingerprint density at radius 2 is 2.06 bits per heavy atom. The first-order valence-electron chi connectivity index (χ1n) is 6.53. The zero-order valence-electron chi connectivity index (χ0n) is 10.9. The van der Waals surface area contributed by atoms with Crippen molar-refractivity contribution in [2.24, 2.45) is 11.7 Å². The summed E-state index contributed by atoms with van der Waals surface area (Å²) in [6.07, 6.45) is 5.21. The van der Waals surface area contributed by atoms with E-state index in [0.717, 1.165) is 19.4 Å². The summed E-state index contributed by atoms with van der Waals surface area (Å²) in [5.74, 6) is -0.160. The number of carbonyl (C=O) groups excluding carboxylic acids is 2. The fraction of sp³-hybridized carbons (Fsp3) is 0.846. The lowest BCUT2D eigenvalue weighted by atomic mass is 10.0. The third kappa shape index (κ3) is 4.86. The average molecular weight is 240 g/mol. The predicted molar refractivity (Wildman–Crippen MR) is 67.5 cm³/mol. The number of hydrogen-bond donors (Lipinski definition) is 1. The third-order valence-corrected chi connectivity index (χ3v) is 3.52. The molecular formula is C13H24N2O2. The van der Waals surface area contributed by atoms with Crippen molar-refractivity contribution in [3.05, 3.63) is 0 Å². The van der Waals surface area contributed by atoms with Gasteiger partial charge in [0.15, 0.2) is 0 Å². The van der Waals surface area contributed by atoms with Crippen LogP contribution in [-0.2, 0) is 9.59 Å². The van der Waals surface area contributed by atoms with E-state index in [9.17, 15) is 9.59 Å². The molecule has 1 rings (SSSR count). The summed E-state index contributed by atoms with van der Waals surface area (Å²) in [7, 11) is 0. The highest BCUT2D eigenvalue weighted by Gasteiger charge is 2.24. The van der Waals surface area contributed by atoms with E-state index in [1.54, 1.807) is 6.92 Å². The highest BCUT2D eigenvalue weighted by atomic mass is 16.1. The molecule has 0 aromatic heterocycles. The highest BCUT2D eigenvalue weighted by molar-refractivity contribution is 5.77. The summed E-state index contributed by atoms with van der Waals surface area (Å²) in [4.78, 5) is 24.7. The van der Waals surface area contributed by atoms with E-state index in [2.05, 4.69) is 4.90 Å². The molecule has 0 bridgehead atoms. The topological polar surface area (TPSA) is 63.4 Å². The minimum atomic E-state index is -0.254. The van der Waals surface area contributed by atoms with Crippen LogP contribution < -0.4 is 5.73 Å². The van der Waals surface area contributed by atoms with Crippen molar-refractivity contribution in [2.45, 2.75) is 52.0 Å². The number of nitrogens with zero attached hydrogens (tertiary/aromatic N) is 1. The number of amides is 1. The molecule has 2 atom stereocenters. The maximum atomic E-state index is 11.3. The van der Waals surface area contributed by atoms with Gasteiger partial charge in [-0.2, -0.15) is 0 Å². The second-order valence-corrected chi connectivity index (χ2v) is 5.21. The first-order valence-corrected chi connectivity index (χ1v) is 6.53. The van der Waals surface area contributed by atoms with Crippen molar-refractivity contribution in [3.63, 3.8) is 0 Å². The van der Waals surface area contributed by atoms with Crippen LogP contribution in [0.5, 0.6) is 0 Å². The fourth-order valence-electron chi connectivity index (χ4n) is 2.48. The summed E-state index contributed by atoms with van der Waals surface area (Å²) in [6.45, 7) is 5.17. The molecule has 1 aliphatic heterocycles. The molecule has 4 nitrogen and oxygen atoms in total. The van der Waals surface area contributed by atoms with Crippen LogP contribution in [0, 0.1) is 5.92 Å². The number of nitrogens with two attached hydrogens (primary N) is 1. The van der Waals surface area contributed by atoms with Gasteiger partial charge < -0.3 is 5.73 Å². The molecule has 2 unspecified atom stereocenters. The molecule has 1 aliphatic rings. The lowest BCUT2D eigenvalue weighted by molar-refractivity contribution is -0.122. The maximum Gasteiger partial charge on any atom is 0.221 e. The van der Waals surface area contributed by atoms with E-state index in [0.29, 0.717) is 19.0 Å². The van der Waals surface area contributed by atoms with Crippen molar-refractivity contribution in [2.75, 3.05) is 13.1 Å². The van der Waals surface area contributed by atoms with E-state index >= 15 is 0 Å². The van der Waals surface area contributed by atoms with E-state index < -0.39 is 0 Å². The second-order valence-electron chi connectivity index (χ2n) is 5.21. The molecule has 0 aromatic rings. The molecule has 1 amide bonds. The van der Waals surface area contributed by atoms with E-state index in [-0.39, 0.29) is 17.6 Å². The zero-order chi connectivity index (χ0) is 12.8.